The molecule has 2 aromatic carbocycles. The molecule has 0 atom stereocenters. The maximum atomic E-state index is 13.0. The number of rotatable bonds is 2. The Kier molecular flexibility index (Phi) is 4.73. The van der Waals surface area contributed by atoms with Crippen molar-refractivity contribution >= 4 is 34.8 Å². The highest BCUT2D eigenvalue weighted by Crippen LogP contribution is 2.43. The van der Waals surface area contributed by atoms with Gasteiger partial charge in [-0.05, 0) is 55.2 Å². The van der Waals surface area contributed by atoms with Gasteiger partial charge >= 0.3 is 0 Å². The number of benzene rings is 2. The third kappa shape index (κ3) is 3.02. The lowest BCUT2D eigenvalue weighted by atomic mass is 9.72. The monoisotopic (exact) mass is 384 g/mol. The number of ketones is 2. The summed E-state index contributed by atoms with van der Waals surface area (Å²) in [4.78, 5) is 25.5. The molecule has 0 aliphatic heterocycles. The average Bonchev–Trinajstić information content (AvgIpc) is 2.68. The van der Waals surface area contributed by atoms with E-state index in [4.69, 9.17) is 23.2 Å². The van der Waals surface area contributed by atoms with Crippen molar-refractivity contribution in [2.75, 3.05) is 0 Å². The quantitative estimate of drug-likeness (QED) is 0.618. The predicted molar refractivity (Wildman–Crippen MR) is 104 cm³/mol. The van der Waals surface area contributed by atoms with Gasteiger partial charge in [-0.15, -0.1) is 0 Å². The Hall–Kier alpha value is -1.90. The van der Waals surface area contributed by atoms with Gasteiger partial charge in [0.05, 0.1) is 5.03 Å². The molecule has 4 heteroatoms. The van der Waals surface area contributed by atoms with E-state index in [1.165, 1.54) is 5.56 Å². The number of hydrogen-bond acceptors (Lipinski definition) is 2. The van der Waals surface area contributed by atoms with Gasteiger partial charge in [-0.25, -0.2) is 0 Å². The van der Waals surface area contributed by atoms with Crippen LogP contribution < -0.4 is 0 Å². The minimum Gasteiger partial charge on any atom is -0.289 e. The molecular formula is C22H18Cl2O2. The summed E-state index contributed by atoms with van der Waals surface area (Å²) in [7, 11) is 0. The van der Waals surface area contributed by atoms with Crippen molar-refractivity contribution in [3.8, 4) is 0 Å². The molecule has 26 heavy (non-hydrogen) atoms. The third-order valence-corrected chi connectivity index (χ3v) is 6.20. The van der Waals surface area contributed by atoms with Crippen LogP contribution in [0.1, 0.15) is 57.9 Å². The Morgan fingerprint density at radius 2 is 1.23 bits per heavy atom. The Labute approximate surface area is 162 Å². The van der Waals surface area contributed by atoms with Crippen LogP contribution in [-0.4, -0.2) is 11.6 Å². The molecule has 2 nitrogen and oxygen atoms in total. The summed E-state index contributed by atoms with van der Waals surface area (Å²) in [6.45, 7) is 0. The Morgan fingerprint density at radius 1 is 0.692 bits per heavy atom. The van der Waals surface area contributed by atoms with Crippen molar-refractivity contribution in [3.63, 3.8) is 0 Å². The summed E-state index contributed by atoms with van der Waals surface area (Å²) in [6, 6.07) is 14.9. The Morgan fingerprint density at radius 3 is 1.85 bits per heavy atom. The summed E-state index contributed by atoms with van der Waals surface area (Å²) >= 11 is 12.3. The first-order chi connectivity index (χ1) is 12.6. The summed E-state index contributed by atoms with van der Waals surface area (Å²) < 4.78 is 0. The fraction of sp³-hybridized carbons (Fsp3) is 0.273. The molecule has 0 saturated heterocycles. The van der Waals surface area contributed by atoms with Crippen LogP contribution in [0.25, 0.3) is 0 Å². The van der Waals surface area contributed by atoms with Crippen molar-refractivity contribution < 1.29 is 9.59 Å². The number of carbonyl (C=O) groups is 2. The molecule has 1 fully saturated rings. The van der Waals surface area contributed by atoms with E-state index in [-0.39, 0.29) is 22.5 Å². The average molecular weight is 385 g/mol. The molecule has 0 heterocycles. The van der Waals surface area contributed by atoms with E-state index in [0.29, 0.717) is 22.6 Å². The van der Waals surface area contributed by atoms with Crippen molar-refractivity contribution in [1.82, 2.24) is 0 Å². The minimum absolute atomic E-state index is 0.0517. The zero-order valence-corrected chi connectivity index (χ0v) is 15.7. The lowest BCUT2D eigenvalue weighted by Gasteiger charge is -2.32. The van der Waals surface area contributed by atoms with Crippen LogP contribution in [0.3, 0.4) is 0 Å². The molecule has 0 spiro atoms. The lowest BCUT2D eigenvalue weighted by Crippen LogP contribution is -2.27. The van der Waals surface area contributed by atoms with E-state index >= 15 is 0 Å². The number of halogens is 2. The zero-order valence-electron chi connectivity index (χ0n) is 14.2. The second-order valence-electron chi connectivity index (χ2n) is 7.03. The van der Waals surface area contributed by atoms with E-state index in [9.17, 15) is 9.59 Å². The van der Waals surface area contributed by atoms with Gasteiger partial charge in [0.1, 0.15) is 0 Å². The van der Waals surface area contributed by atoms with Gasteiger partial charge in [0.25, 0.3) is 0 Å². The first-order valence-electron chi connectivity index (χ1n) is 8.90. The van der Waals surface area contributed by atoms with E-state index in [0.717, 1.165) is 30.7 Å². The van der Waals surface area contributed by atoms with Crippen LogP contribution >= 0.6 is 23.2 Å². The Balaban J connectivity index is 1.56. The summed E-state index contributed by atoms with van der Waals surface area (Å²) in [6.07, 6.45) is 3.67. The smallest absolute Gasteiger partial charge is 0.205 e. The second-order valence-corrected chi connectivity index (χ2v) is 7.85. The third-order valence-electron chi connectivity index (χ3n) is 5.57. The zero-order chi connectivity index (χ0) is 18.3. The van der Waals surface area contributed by atoms with Crippen molar-refractivity contribution in [1.29, 1.82) is 0 Å². The van der Waals surface area contributed by atoms with Gasteiger partial charge in [0.15, 0.2) is 5.78 Å². The largest absolute Gasteiger partial charge is 0.289 e. The van der Waals surface area contributed by atoms with E-state index in [1.807, 2.05) is 12.1 Å². The molecule has 0 unspecified atom stereocenters. The first kappa shape index (κ1) is 17.5. The van der Waals surface area contributed by atoms with Crippen LogP contribution in [-0.2, 0) is 0 Å². The van der Waals surface area contributed by atoms with Gasteiger partial charge in [-0.1, -0.05) is 59.6 Å². The molecule has 0 N–H and O–H groups in total. The normalized spacial score (nSPS) is 23.2. The number of hydrogen-bond donors (Lipinski definition) is 0. The van der Waals surface area contributed by atoms with Crippen molar-refractivity contribution in [3.05, 3.63) is 80.8 Å². The van der Waals surface area contributed by atoms with E-state index in [1.54, 1.807) is 24.3 Å². The van der Waals surface area contributed by atoms with Gasteiger partial charge in [-0.2, -0.15) is 0 Å². The lowest BCUT2D eigenvalue weighted by molar-refractivity contribution is 0.0966. The highest BCUT2D eigenvalue weighted by Gasteiger charge is 2.36. The molecule has 4 rings (SSSR count). The fourth-order valence-corrected chi connectivity index (χ4v) is 4.65. The van der Waals surface area contributed by atoms with Crippen LogP contribution in [0, 0.1) is 5.92 Å². The molecule has 0 bridgehead atoms. The molecule has 2 aromatic rings. The van der Waals surface area contributed by atoms with Crippen LogP contribution in [0.2, 0.25) is 5.02 Å². The molecule has 0 radical (unpaired) electrons. The maximum absolute atomic E-state index is 13.0. The summed E-state index contributed by atoms with van der Waals surface area (Å²) in [5, 5.41) is 0.855. The maximum Gasteiger partial charge on any atom is 0.205 e. The number of fused-ring (bicyclic) bond motifs is 1. The van der Waals surface area contributed by atoms with E-state index < -0.39 is 0 Å². The molecule has 2 aliphatic rings. The molecule has 1 saturated carbocycles. The minimum atomic E-state index is -0.225. The predicted octanol–water partition coefficient (Wildman–Crippen LogP) is 6.19. The molecule has 2 aliphatic carbocycles. The molecule has 132 valence electrons. The highest BCUT2D eigenvalue weighted by atomic mass is 35.5. The fourth-order valence-electron chi connectivity index (χ4n) is 4.18. The summed E-state index contributed by atoms with van der Waals surface area (Å²) in [5.41, 5.74) is 2.70. The van der Waals surface area contributed by atoms with Gasteiger partial charge in [0.2, 0.25) is 5.78 Å². The van der Waals surface area contributed by atoms with E-state index in [2.05, 4.69) is 12.1 Å². The summed E-state index contributed by atoms with van der Waals surface area (Å²) in [5.74, 6) is 0.206. The molecule has 0 amide bonds. The SMILES string of the molecule is O=C1C(Cl)=C([C@H]2CC[C@@H](c3ccc(Cl)cc3)CC2)C(=O)c2ccccc21. The number of carbonyl (C=O) groups excluding carboxylic acids is 2. The second kappa shape index (κ2) is 7.02. The topological polar surface area (TPSA) is 34.1 Å². The highest BCUT2D eigenvalue weighted by molar-refractivity contribution is 6.50. The molecular weight excluding hydrogens is 367 g/mol. The van der Waals surface area contributed by atoms with Gasteiger partial charge in [-0.3, -0.25) is 9.59 Å². The van der Waals surface area contributed by atoms with Crippen molar-refractivity contribution in [2.24, 2.45) is 5.92 Å². The molecule has 0 aromatic heterocycles. The van der Waals surface area contributed by atoms with Gasteiger partial charge in [0, 0.05) is 21.7 Å². The van der Waals surface area contributed by atoms with Crippen molar-refractivity contribution in [2.45, 2.75) is 31.6 Å². The van der Waals surface area contributed by atoms with Crippen LogP contribution in [0.5, 0.6) is 0 Å². The van der Waals surface area contributed by atoms with Crippen LogP contribution in [0.4, 0.5) is 0 Å². The number of Topliss-reactive ketones (excluding diaryl/α,β-unsaturated/α-hetero) is 2. The van der Waals surface area contributed by atoms with Crippen LogP contribution in [0.15, 0.2) is 59.1 Å². The Bertz CT molecular complexity index is 904. The number of allylic oxidation sites excluding steroid dienone is 2. The van der Waals surface area contributed by atoms with Gasteiger partial charge < -0.3 is 0 Å². The first-order valence-corrected chi connectivity index (χ1v) is 9.65. The standard InChI is InChI=1S/C22H18Cl2O2/c23-16-11-9-14(10-12-16)13-5-7-15(8-6-13)19-20(24)22(26)18-4-2-1-3-17(18)21(19)25/h1-4,9-13,15H,5-8H2/t13-,15+.